The number of rotatable bonds is 7. The maximum atomic E-state index is 15.0. The van der Waals surface area contributed by atoms with Crippen LogP contribution in [0.3, 0.4) is 0 Å². The second kappa shape index (κ2) is 9.71. The van der Waals surface area contributed by atoms with Crippen LogP contribution in [0.15, 0.2) is 109 Å². The van der Waals surface area contributed by atoms with Gasteiger partial charge in [-0.15, -0.1) is 0 Å². The largest absolute Gasteiger partial charge is 0.486 e. The minimum atomic E-state index is -0.589. The quantitative estimate of drug-likeness (QED) is 0.332. The van der Waals surface area contributed by atoms with Crippen LogP contribution in [0.5, 0.6) is 5.75 Å². The molecule has 0 unspecified atom stereocenters. The lowest BCUT2D eigenvalue weighted by atomic mass is 10.2. The summed E-state index contributed by atoms with van der Waals surface area (Å²) in [6, 6.07) is 22.4. The van der Waals surface area contributed by atoms with Gasteiger partial charge in [0, 0.05) is 18.0 Å². The summed E-state index contributed by atoms with van der Waals surface area (Å²) in [6.45, 7) is 3.67. The summed E-state index contributed by atoms with van der Waals surface area (Å²) in [5, 5.41) is 2.69. The Bertz CT molecular complexity index is 1640. The molecule has 0 saturated carbocycles. The smallest absolute Gasteiger partial charge is 0.338 e. The Labute approximate surface area is 205 Å². The molecule has 0 radical (unpaired) electrons. The first-order valence-electron chi connectivity index (χ1n) is 11.1. The number of fused-ring (bicyclic) bond motifs is 1. The van der Waals surface area contributed by atoms with E-state index in [1.807, 2.05) is 30.3 Å². The first-order valence-corrected chi connectivity index (χ1v) is 11.1. The van der Waals surface area contributed by atoms with Crippen molar-refractivity contribution in [2.75, 3.05) is 5.32 Å². The number of pyridine rings is 1. The van der Waals surface area contributed by atoms with E-state index in [0.717, 1.165) is 11.6 Å². The van der Waals surface area contributed by atoms with Gasteiger partial charge in [-0.3, -0.25) is 18.9 Å². The zero-order valence-electron chi connectivity index (χ0n) is 19.1. The normalized spacial score (nSPS) is 10.8. The standard InChI is InChI=1S/C28H21FN4O3/c1-2-27(34)31-20-9-6-10-21(15-20)32-24-13-14-30-17-25(24)33(28(32)35)22-11-12-26(23(29)16-22)36-18-19-7-4-3-5-8-19/h2-17H,1,18H2,(H,31,34). The average Bonchev–Trinajstić information content (AvgIpc) is 3.20. The van der Waals surface area contributed by atoms with Crippen LogP contribution in [-0.4, -0.2) is 20.0 Å². The zero-order chi connectivity index (χ0) is 25.1. The van der Waals surface area contributed by atoms with E-state index in [2.05, 4.69) is 16.9 Å². The summed E-state index contributed by atoms with van der Waals surface area (Å²) in [5.41, 5.74) is 2.94. The molecule has 8 heteroatoms. The van der Waals surface area contributed by atoms with Gasteiger partial charge >= 0.3 is 5.69 Å². The molecule has 7 nitrogen and oxygen atoms in total. The molecule has 36 heavy (non-hydrogen) atoms. The second-order valence-electron chi connectivity index (χ2n) is 7.95. The number of hydrogen-bond donors (Lipinski definition) is 1. The van der Waals surface area contributed by atoms with E-state index in [9.17, 15) is 14.0 Å². The van der Waals surface area contributed by atoms with Gasteiger partial charge in [-0.1, -0.05) is 43.0 Å². The minimum Gasteiger partial charge on any atom is -0.486 e. The molecule has 5 rings (SSSR count). The molecular weight excluding hydrogens is 459 g/mol. The highest BCUT2D eigenvalue weighted by molar-refractivity contribution is 5.99. The Morgan fingerprint density at radius 1 is 0.972 bits per heavy atom. The van der Waals surface area contributed by atoms with E-state index in [1.54, 1.807) is 48.8 Å². The third kappa shape index (κ3) is 4.39. The predicted octanol–water partition coefficient (Wildman–Crippen LogP) is 5.02. The van der Waals surface area contributed by atoms with Crippen molar-refractivity contribution in [1.29, 1.82) is 0 Å². The van der Waals surface area contributed by atoms with Crippen molar-refractivity contribution in [3.8, 4) is 17.1 Å². The van der Waals surface area contributed by atoms with E-state index in [-0.39, 0.29) is 18.3 Å². The molecule has 178 valence electrons. The summed E-state index contributed by atoms with van der Waals surface area (Å²) >= 11 is 0. The number of carbonyl (C=O) groups excluding carboxylic acids is 1. The van der Waals surface area contributed by atoms with Gasteiger partial charge < -0.3 is 10.1 Å². The van der Waals surface area contributed by atoms with Crippen molar-refractivity contribution < 1.29 is 13.9 Å². The van der Waals surface area contributed by atoms with Crippen LogP contribution in [0.2, 0.25) is 0 Å². The highest BCUT2D eigenvalue weighted by Gasteiger charge is 2.18. The van der Waals surface area contributed by atoms with Gasteiger partial charge in [-0.2, -0.15) is 0 Å². The van der Waals surface area contributed by atoms with Gasteiger partial charge in [0.2, 0.25) is 5.91 Å². The van der Waals surface area contributed by atoms with Crippen molar-refractivity contribution in [2.24, 2.45) is 0 Å². The van der Waals surface area contributed by atoms with Crippen molar-refractivity contribution in [2.45, 2.75) is 6.61 Å². The predicted molar refractivity (Wildman–Crippen MR) is 136 cm³/mol. The third-order valence-electron chi connectivity index (χ3n) is 5.61. The molecule has 0 aliphatic heterocycles. The summed E-state index contributed by atoms with van der Waals surface area (Å²) in [6.07, 6.45) is 4.29. The SMILES string of the molecule is C=CC(=O)Nc1cccc(-n2c(=O)n(-c3ccc(OCc4ccccc4)c(F)c3)c3cnccc32)c1. The molecule has 5 aromatic rings. The zero-order valence-corrected chi connectivity index (χ0v) is 19.1. The van der Waals surface area contributed by atoms with E-state index < -0.39 is 11.5 Å². The molecule has 1 amide bonds. The number of aromatic nitrogens is 3. The number of halogens is 1. The Balaban J connectivity index is 1.55. The van der Waals surface area contributed by atoms with Crippen LogP contribution in [-0.2, 0) is 11.4 Å². The number of nitrogens with one attached hydrogen (secondary N) is 1. The van der Waals surface area contributed by atoms with Crippen LogP contribution in [0.4, 0.5) is 10.1 Å². The van der Waals surface area contributed by atoms with Crippen molar-refractivity contribution in [3.05, 3.63) is 126 Å². The Hall–Kier alpha value is -4.98. The van der Waals surface area contributed by atoms with Gasteiger partial charge in [-0.25, -0.2) is 9.18 Å². The van der Waals surface area contributed by atoms with Crippen LogP contribution in [0, 0.1) is 5.82 Å². The number of carbonyl (C=O) groups is 1. The van der Waals surface area contributed by atoms with E-state index in [4.69, 9.17) is 4.74 Å². The number of nitrogens with zero attached hydrogens (tertiary/aromatic N) is 3. The second-order valence-corrected chi connectivity index (χ2v) is 7.95. The van der Waals surface area contributed by atoms with Crippen LogP contribution in [0.1, 0.15) is 5.56 Å². The fraction of sp³-hybridized carbons (Fsp3) is 0.0357. The molecule has 0 bridgehead atoms. The summed E-state index contributed by atoms with van der Waals surface area (Å²) in [4.78, 5) is 29.5. The molecule has 0 aliphatic rings. The van der Waals surface area contributed by atoms with Crippen LogP contribution >= 0.6 is 0 Å². The number of ether oxygens (including phenoxy) is 1. The molecular formula is C28H21FN4O3. The first kappa shape index (κ1) is 22.8. The van der Waals surface area contributed by atoms with Crippen LogP contribution in [0.25, 0.3) is 22.4 Å². The first-order chi connectivity index (χ1) is 17.5. The van der Waals surface area contributed by atoms with E-state index >= 15 is 0 Å². The summed E-state index contributed by atoms with van der Waals surface area (Å²) < 4.78 is 23.5. The van der Waals surface area contributed by atoms with Gasteiger partial charge in [0.05, 0.1) is 28.6 Å². The Kier molecular flexibility index (Phi) is 6.15. The van der Waals surface area contributed by atoms with Crippen molar-refractivity contribution >= 4 is 22.6 Å². The van der Waals surface area contributed by atoms with Crippen LogP contribution < -0.4 is 15.7 Å². The van der Waals surface area contributed by atoms with Gasteiger partial charge in [0.1, 0.15) is 6.61 Å². The number of imidazole rings is 1. The monoisotopic (exact) mass is 480 g/mol. The topological polar surface area (TPSA) is 78.2 Å². The molecule has 0 saturated heterocycles. The number of hydrogen-bond acceptors (Lipinski definition) is 4. The molecule has 0 spiro atoms. The minimum absolute atomic E-state index is 0.0863. The fourth-order valence-corrected chi connectivity index (χ4v) is 3.94. The Morgan fingerprint density at radius 2 is 1.75 bits per heavy atom. The van der Waals surface area contributed by atoms with Crippen molar-refractivity contribution in [3.63, 3.8) is 0 Å². The lowest BCUT2D eigenvalue weighted by Gasteiger charge is -2.10. The highest BCUT2D eigenvalue weighted by Crippen LogP contribution is 2.25. The molecule has 3 aromatic carbocycles. The fourth-order valence-electron chi connectivity index (χ4n) is 3.94. The maximum absolute atomic E-state index is 15.0. The molecule has 2 heterocycles. The van der Waals surface area contributed by atoms with Gasteiger partial charge in [-0.05, 0) is 48.0 Å². The lowest BCUT2D eigenvalue weighted by Crippen LogP contribution is -2.22. The Morgan fingerprint density at radius 3 is 2.53 bits per heavy atom. The average molecular weight is 480 g/mol. The number of benzene rings is 3. The highest BCUT2D eigenvalue weighted by atomic mass is 19.1. The molecule has 1 N–H and O–H groups in total. The third-order valence-corrected chi connectivity index (χ3v) is 5.61. The summed E-state index contributed by atoms with van der Waals surface area (Å²) in [5.74, 6) is -0.867. The maximum Gasteiger partial charge on any atom is 0.338 e. The molecule has 0 aliphatic carbocycles. The number of anilines is 1. The summed E-state index contributed by atoms with van der Waals surface area (Å²) in [7, 11) is 0. The number of amides is 1. The molecule has 2 aromatic heterocycles. The molecule has 0 atom stereocenters. The lowest BCUT2D eigenvalue weighted by molar-refractivity contribution is -0.111. The van der Waals surface area contributed by atoms with E-state index in [0.29, 0.717) is 28.1 Å². The van der Waals surface area contributed by atoms with E-state index in [1.165, 1.54) is 21.3 Å². The van der Waals surface area contributed by atoms with Gasteiger partial charge in [0.25, 0.3) is 0 Å². The molecule has 0 fully saturated rings. The van der Waals surface area contributed by atoms with Gasteiger partial charge in [0.15, 0.2) is 11.6 Å². The van der Waals surface area contributed by atoms with Crippen molar-refractivity contribution in [1.82, 2.24) is 14.1 Å².